The summed E-state index contributed by atoms with van der Waals surface area (Å²) in [4.78, 5) is 69.4. The number of rotatable bonds is 4. The highest BCUT2D eigenvalue weighted by Gasteiger charge is 2.43. The molecule has 4 amide bonds. The molecule has 2 fully saturated rings. The first kappa shape index (κ1) is 37.5. The van der Waals surface area contributed by atoms with E-state index in [1.165, 1.54) is 0 Å². The highest BCUT2D eigenvalue weighted by molar-refractivity contribution is 6.10. The summed E-state index contributed by atoms with van der Waals surface area (Å²) >= 11 is 0. The Morgan fingerprint density at radius 3 is 0.878 bits per heavy atom. The van der Waals surface area contributed by atoms with Gasteiger partial charge in [-0.25, -0.2) is 9.98 Å². The highest BCUT2D eigenvalue weighted by Crippen LogP contribution is 2.30. The van der Waals surface area contributed by atoms with Gasteiger partial charge in [-0.2, -0.15) is 0 Å². The number of nitrogens with zero attached hydrogens (tertiary/aromatic N) is 6. The number of carbonyl (C=O) groups excluding carboxylic acids is 4. The predicted molar refractivity (Wildman–Crippen MR) is 195 cm³/mol. The van der Waals surface area contributed by atoms with Gasteiger partial charge in [0.25, 0.3) is 0 Å². The molecule has 2 aliphatic heterocycles. The Morgan fingerprint density at radius 2 is 0.673 bits per heavy atom. The minimum absolute atomic E-state index is 0.0735. The number of hydrogen-bond acceptors (Lipinski definition) is 6. The van der Waals surface area contributed by atoms with E-state index in [4.69, 9.17) is 9.98 Å². The van der Waals surface area contributed by atoms with Gasteiger partial charge in [-0.3, -0.25) is 38.8 Å². The number of benzene rings is 2. The molecule has 0 bridgehead atoms. The maximum Gasteiger partial charge on any atom is 0.234 e. The number of guanidine groups is 2. The van der Waals surface area contributed by atoms with Gasteiger partial charge in [-0.15, -0.1) is 0 Å². The van der Waals surface area contributed by atoms with Gasteiger partial charge in [-0.05, 0) is 41.8 Å². The van der Waals surface area contributed by atoms with Crippen molar-refractivity contribution in [1.82, 2.24) is 19.6 Å². The number of aliphatic imine (C=N–C) groups is 2. The summed E-state index contributed by atoms with van der Waals surface area (Å²) in [6, 6.07) is 15.6. The van der Waals surface area contributed by atoms with Crippen LogP contribution in [0, 0.1) is 21.7 Å². The van der Waals surface area contributed by atoms with Crippen LogP contribution < -0.4 is 0 Å². The van der Waals surface area contributed by atoms with E-state index in [9.17, 15) is 19.2 Å². The fourth-order valence-corrected chi connectivity index (χ4v) is 5.57. The first-order valence-corrected chi connectivity index (χ1v) is 17.1. The lowest BCUT2D eigenvalue weighted by Crippen LogP contribution is -2.47. The number of hydrogen-bond donors (Lipinski definition) is 0. The van der Waals surface area contributed by atoms with E-state index >= 15 is 0 Å². The van der Waals surface area contributed by atoms with Crippen molar-refractivity contribution < 1.29 is 19.2 Å². The van der Waals surface area contributed by atoms with E-state index in [-0.39, 0.29) is 23.6 Å². The van der Waals surface area contributed by atoms with Crippen LogP contribution in [0.1, 0.15) is 94.2 Å². The van der Waals surface area contributed by atoms with Crippen LogP contribution in [0.2, 0.25) is 0 Å². The lowest BCUT2D eigenvalue weighted by Gasteiger charge is -2.29. The third kappa shape index (κ3) is 8.64. The molecule has 0 spiro atoms. The van der Waals surface area contributed by atoms with Crippen LogP contribution in [0.5, 0.6) is 0 Å². The van der Waals surface area contributed by atoms with Crippen molar-refractivity contribution in [2.24, 2.45) is 31.6 Å². The third-order valence-electron chi connectivity index (χ3n) is 8.35. The molecule has 10 nitrogen and oxygen atoms in total. The second-order valence-electron chi connectivity index (χ2n) is 17.2. The smallest absolute Gasteiger partial charge is 0.234 e. The van der Waals surface area contributed by atoms with E-state index in [1.54, 1.807) is 19.6 Å². The average Bonchev–Trinajstić information content (AvgIpc) is 3.59. The van der Waals surface area contributed by atoms with Crippen LogP contribution in [0.15, 0.2) is 58.5 Å². The predicted octanol–water partition coefficient (Wildman–Crippen LogP) is 6.78. The Balaban J connectivity index is 1.56. The minimum Gasteiger partial charge on any atom is -0.280 e. The van der Waals surface area contributed by atoms with E-state index in [0.717, 1.165) is 11.1 Å². The van der Waals surface area contributed by atoms with Crippen LogP contribution in [0.25, 0.3) is 0 Å². The molecule has 2 aromatic rings. The average molecular weight is 671 g/mol. The maximum atomic E-state index is 13.3. The Bertz CT molecular complexity index is 1450. The summed E-state index contributed by atoms with van der Waals surface area (Å²) in [5.74, 6) is 0.452. The SMILES string of the molecule is CC(C)(C)C(=O)N1CCN(C(=O)C(C)(C)C)C1=Nc1ccc(Cc2ccc(N=C3N(C(=O)C(C)(C)C)CCN3C(=O)C(C)(C)C)cc2)cc1. The molecule has 0 atom stereocenters. The summed E-state index contributed by atoms with van der Waals surface area (Å²) < 4.78 is 0. The van der Waals surface area contributed by atoms with Gasteiger partial charge in [0.1, 0.15) is 0 Å². The summed E-state index contributed by atoms with van der Waals surface area (Å²) in [5, 5.41) is 0. The zero-order valence-electron chi connectivity index (χ0n) is 31.5. The molecule has 0 aliphatic carbocycles. The van der Waals surface area contributed by atoms with Crippen molar-refractivity contribution in [3.63, 3.8) is 0 Å². The van der Waals surface area contributed by atoms with Crippen molar-refractivity contribution in [3.8, 4) is 0 Å². The monoisotopic (exact) mass is 670 g/mol. The summed E-state index contributed by atoms with van der Waals surface area (Å²) in [5.41, 5.74) is 0.995. The van der Waals surface area contributed by atoms with E-state index < -0.39 is 21.7 Å². The molecule has 0 radical (unpaired) electrons. The minimum atomic E-state index is -0.615. The molecular weight excluding hydrogens is 616 g/mol. The van der Waals surface area contributed by atoms with Crippen LogP contribution in [0.3, 0.4) is 0 Å². The summed E-state index contributed by atoms with van der Waals surface area (Å²) in [7, 11) is 0. The molecule has 2 saturated heterocycles. The topological polar surface area (TPSA) is 106 Å². The highest BCUT2D eigenvalue weighted by atomic mass is 16.2. The molecule has 4 rings (SSSR count). The number of carbonyl (C=O) groups is 4. The first-order chi connectivity index (χ1) is 22.5. The largest absolute Gasteiger partial charge is 0.280 e. The maximum absolute atomic E-state index is 13.3. The Morgan fingerprint density at radius 1 is 0.449 bits per heavy atom. The van der Waals surface area contributed by atoms with Gasteiger partial charge in [0.05, 0.1) is 11.4 Å². The lowest BCUT2D eigenvalue weighted by molar-refractivity contribution is -0.136. The van der Waals surface area contributed by atoms with Gasteiger partial charge in [0, 0.05) is 47.8 Å². The fraction of sp³-hybridized carbons (Fsp3) is 0.538. The Kier molecular flexibility index (Phi) is 10.3. The van der Waals surface area contributed by atoms with E-state index in [0.29, 0.717) is 55.9 Å². The lowest BCUT2D eigenvalue weighted by atomic mass is 9.94. The van der Waals surface area contributed by atoms with Crippen molar-refractivity contribution in [1.29, 1.82) is 0 Å². The van der Waals surface area contributed by atoms with Gasteiger partial charge in [-0.1, -0.05) is 107 Å². The third-order valence-corrected chi connectivity index (χ3v) is 8.35. The van der Waals surface area contributed by atoms with E-state index in [1.807, 2.05) is 132 Å². The molecule has 10 heteroatoms. The molecule has 0 unspecified atom stereocenters. The Hall–Kier alpha value is -4.34. The van der Waals surface area contributed by atoms with Crippen molar-refractivity contribution in [3.05, 3.63) is 59.7 Å². The second-order valence-corrected chi connectivity index (χ2v) is 17.2. The van der Waals surface area contributed by atoms with Crippen LogP contribution in [0.4, 0.5) is 11.4 Å². The van der Waals surface area contributed by atoms with Gasteiger partial charge in [0.15, 0.2) is 0 Å². The van der Waals surface area contributed by atoms with Gasteiger partial charge < -0.3 is 0 Å². The first-order valence-electron chi connectivity index (χ1n) is 17.1. The fourth-order valence-electron chi connectivity index (χ4n) is 5.57. The Labute approximate surface area is 292 Å². The van der Waals surface area contributed by atoms with Crippen LogP contribution in [-0.2, 0) is 25.6 Å². The molecule has 0 aromatic heterocycles. The van der Waals surface area contributed by atoms with Crippen LogP contribution in [-0.4, -0.2) is 81.3 Å². The van der Waals surface area contributed by atoms with Crippen molar-refractivity contribution >= 4 is 46.9 Å². The van der Waals surface area contributed by atoms with Gasteiger partial charge in [0.2, 0.25) is 35.5 Å². The molecule has 2 aromatic carbocycles. The molecular formula is C39H54N6O4. The summed E-state index contributed by atoms with van der Waals surface area (Å²) in [6.07, 6.45) is 0.667. The van der Waals surface area contributed by atoms with Crippen LogP contribution >= 0.6 is 0 Å². The second kappa shape index (κ2) is 13.5. The molecule has 0 N–H and O–H groups in total. The zero-order chi connectivity index (χ0) is 36.7. The molecule has 49 heavy (non-hydrogen) atoms. The molecule has 264 valence electrons. The summed E-state index contributed by atoms with van der Waals surface area (Å²) in [6.45, 7) is 24.1. The van der Waals surface area contributed by atoms with Gasteiger partial charge >= 0.3 is 0 Å². The molecule has 0 saturated carbocycles. The molecule has 2 heterocycles. The quantitative estimate of drug-likeness (QED) is 0.358. The van der Waals surface area contributed by atoms with Crippen molar-refractivity contribution in [2.75, 3.05) is 26.2 Å². The number of amides is 4. The zero-order valence-corrected chi connectivity index (χ0v) is 31.5. The standard InChI is InChI=1S/C39H54N6O4/c1-36(2,3)30(46)42-21-22-43(31(47)37(4,5)6)34(42)40-28-17-13-26(14-18-28)25-27-15-19-29(20-16-27)41-35-44(32(48)38(7,8)9)23-24-45(35)33(49)39(10,11)12/h13-20H,21-25H2,1-12H3. The molecule has 2 aliphatic rings. The van der Waals surface area contributed by atoms with Crippen molar-refractivity contribution in [2.45, 2.75) is 89.5 Å². The normalized spacial score (nSPS) is 16.0. The van der Waals surface area contributed by atoms with E-state index in [2.05, 4.69) is 0 Å².